The lowest BCUT2D eigenvalue weighted by Gasteiger charge is -2.33. The van der Waals surface area contributed by atoms with E-state index in [4.69, 9.17) is 11.6 Å². The second-order valence-corrected chi connectivity index (χ2v) is 9.36. The van der Waals surface area contributed by atoms with Gasteiger partial charge in [0.25, 0.3) is 0 Å². The fourth-order valence-electron chi connectivity index (χ4n) is 4.82. The SMILES string of the molecule is C=CCCc1cc(/C(CC)=C2/CC=C3C(Cl)CC32)ccc1C#Cc1ccc(C(=C)C)cc1. The molecule has 1 fully saturated rings. The summed E-state index contributed by atoms with van der Waals surface area (Å²) in [5.41, 5.74) is 11.5. The van der Waals surface area contributed by atoms with E-state index in [9.17, 15) is 0 Å². The van der Waals surface area contributed by atoms with Crippen LogP contribution >= 0.6 is 11.6 Å². The van der Waals surface area contributed by atoms with Crippen LogP contribution in [0.25, 0.3) is 11.1 Å². The summed E-state index contributed by atoms with van der Waals surface area (Å²) in [7, 11) is 0. The Hall–Kier alpha value is -2.75. The van der Waals surface area contributed by atoms with Gasteiger partial charge >= 0.3 is 0 Å². The van der Waals surface area contributed by atoms with E-state index in [1.165, 1.54) is 22.3 Å². The average Bonchev–Trinajstić information content (AvgIpc) is 3.14. The van der Waals surface area contributed by atoms with Crippen LogP contribution < -0.4 is 0 Å². The molecule has 162 valence electrons. The molecule has 4 rings (SSSR count). The molecule has 32 heavy (non-hydrogen) atoms. The third-order valence-corrected chi connectivity index (χ3v) is 7.15. The predicted octanol–water partition coefficient (Wildman–Crippen LogP) is 8.36. The van der Waals surface area contributed by atoms with Gasteiger partial charge in [-0.2, -0.15) is 0 Å². The van der Waals surface area contributed by atoms with E-state index in [1.54, 1.807) is 5.57 Å². The smallest absolute Gasteiger partial charge is 0.0560 e. The van der Waals surface area contributed by atoms with Crippen molar-refractivity contribution in [3.05, 3.63) is 107 Å². The summed E-state index contributed by atoms with van der Waals surface area (Å²) in [6, 6.07) is 15.1. The van der Waals surface area contributed by atoms with E-state index >= 15 is 0 Å². The Morgan fingerprint density at radius 1 is 1.12 bits per heavy atom. The second-order valence-electron chi connectivity index (χ2n) is 8.83. The Kier molecular flexibility index (Phi) is 6.88. The van der Waals surface area contributed by atoms with E-state index < -0.39 is 0 Å². The normalized spacial score (nSPS) is 20.4. The zero-order valence-corrected chi connectivity index (χ0v) is 19.9. The van der Waals surface area contributed by atoms with Crippen LogP contribution in [0.1, 0.15) is 67.3 Å². The van der Waals surface area contributed by atoms with Crippen LogP contribution in [0.5, 0.6) is 0 Å². The summed E-state index contributed by atoms with van der Waals surface area (Å²) in [5.74, 6) is 7.35. The first kappa shape index (κ1) is 22.4. The van der Waals surface area contributed by atoms with Gasteiger partial charge in [0.1, 0.15) is 0 Å². The molecule has 0 amide bonds. The molecule has 0 saturated heterocycles. The first-order valence-electron chi connectivity index (χ1n) is 11.6. The summed E-state index contributed by atoms with van der Waals surface area (Å²) in [4.78, 5) is 0. The molecule has 0 spiro atoms. The van der Waals surface area contributed by atoms with Crippen LogP contribution in [0.4, 0.5) is 0 Å². The molecule has 1 heteroatoms. The Morgan fingerprint density at radius 2 is 1.88 bits per heavy atom. The van der Waals surface area contributed by atoms with Crippen LogP contribution in [-0.4, -0.2) is 5.38 Å². The summed E-state index contributed by atoms with van der Waals surface area (Å²) in [5, 5.41) is 0.251. The van der Waals surface area contributed by atoms with E-state index in [1.807, 2.05) is 13.0 Å². The van der Waals surface area contributed by atoms with Crippen molar-refractivity contribution in [2.24, 2.45) is 5.92 Å². The Labute approximate surface area is 198 Å². The molecule has 2 aliphatic rings. The van der Waals surface area contributed by atoms with Crippen molar-refractivity contribution in [2.75, 3.05) is 0 Å². The highest BCUT2D eigenvalue weighted by molar-refractivity contribution is 6.23. The Morgan fingerprint density at radius 3 is 2.50 bits per heavy atom. The van der Waals surface area contributed by atoms with Crippen LogP contribution in [0.2, 0.25) is 0 Å². The number of halogens is 1. The number of alkyl halides is 1. The maximum absolute atomic E-state index is 6.40. The number of hydrogen-bond donors (Lipinski definition) is 0. The third kappa shape index (κ3) is 4.55. The first-order valence-corrected chi connectivity index (χ1v) is 12.0. The number of fused-ring (bicyclic) bond motifs is 1. The van der Waals surface area contributed by atoms with E-state index in [0.29, 0.717) is 5.92 Å². The molecule has 2 aromatic rings. The molecule has 1 saturated carbocycles. The van der Waals surface area contributed by atoms with Gasteiger partial charge < -0.3 is 0 Å². The topological polar surface area (TPSA) is 0 Å². The van der Waals surface area contributed by atoms with Crippen LogP contribution in [0, 0.1) is 17.8 Å². The highest BCUT2D eigenvalue weighted by Crippen LogP contribution is 2.51. The molecule has 2 unspecified atom stereocenters. The van der Waals surface area contributed by atoms with Crippen molar-refractivity contribution < 1.29 is 0 Å². The lowest BCUT2D eigenvalue weighted by atomic mass is 9.76. The number of rotatable bonds is 6. The summed E-state index contributed by atoms with van der Waals surface area (Å²) in [6.45, 7) is 12.2. The van der Waals surface area contributed by atoms with E-state index in [-0.39, 0.29) is 5.38 Å². The highest BCUT2D eigenvalue weighted by atomic mass is 35.5. The third-order valence-electron chi connectivity index (χ3n) is 6.72. The van der Waals surface area contributed by atoms with Crippen molar-refractivity contribution in [3.8, 4) is 11.8 Å². The summed E-state index contributed by atoms with van der Waals surface area (Å²) < 4.78 is 0. The van der Waals surface area contributed by atoms with Gasteiger partial charge in [0.05, 0.1) is 5.38 Å². The largest absolute Gasteiger partial charge is 0.118 e. The lowest BCUT2D eigenvalue weighted by Crippen LogP contribution is -2.26. The van der Waals surface area contributed by atoms with Crippen molar-refractivity contribution in [3.63, 3.8) is 0 Å². The van der Waals surface area contributed by atoms with Gasteiger partial charge in [0.15, 0.2) is 0 Å². The van der Waals surface area contributed by atoms with Crippen molar-refractivity contribution >= 4 is 22.7 Å². The first-order chi connectivity index (χ1) is 15.5. The predicted molar refractivity (Wildman–Crippen MR) is 140 cm³/mol. The minimum absolute atomic E-state index is 0.251. The second kappa shape index (κ2) is 9.81. The van der Waals surface area contributed by atoms with Gasteiger partial charge in [-0.3, -0.25) is 0 Å². The molecule has 2 aromatic carbocycles. The minimum Gasteiger partial charge on any atom is -0.118 e. The number of aryl methyl sites for hydroxylation is 1. The van der Waals surface area contributed by atoms with Gasteiger partial charge in [0, 0.05) is 17.0 Å². The fraction of sp³-hybridized carbons (Fsp3) is 0.290. The summed E-state index contributed by atoms with van der Waals surface area (Å²) in [6.07, 6.45) is 9.43. The molecule has 0 aliphatic heterocycles. The van der Waals surface area contributed by atoms with Crippen molar-refractivity contribution in [2.45, 2.75) is 51.3 Å². The van der Waals surface area contributed by atoms with Gasteiger partial charge in [-0.15, -0.1) is 18.2 Å². The molecule has 0 heterocycles. The number of benzene rings is 2. The minimum atomic E-state index is 0.251. The maximum Gasteiger partial charge on any atom is 0.0560 e. The molecule has 0 aromatic heterocycles. The Bertz CT molecular complexity index is 1160. The highest BCUT2D eigenvalue weighted by Gasteiger charge is 2.40. The van der Waals surface area contributed by atoms with Crippen LogP contribution in [0.3, 0.4) is 0 Å². The molecule has 2 aliphatic carbocycles. The monoisotopic (exact) mass is 438 g/mol. The molecular formula is C31H31Cl. The Balaban J connectivity index is 1.65. The van der Waals surface area contributed by atoms with Crippen LogP contribution in [0.15, 0.2) is 78.9 Å². The quantitative estimate of drug-likeness (QED) is 0.241. The van der Waals surface area contributed by atoms with Crippen LogP contribution in [-0.2, 0) is 6.42 Å². The zero-order valence-electron chi connectivity index (χ0n) is 19.2. The molecule has 0 nitrogen and oxygen atoms in total. The summed E-state index contributed by atoms with van der Waals surface area (Å²) >= 11 is 6.40. The zero-order chi connectivity index (χ0) is 22.7. The van der Waals surface area contributed by atoms with E-state index in [2.05, 4.69) is 80.5 Å². The number of hydrogen-bond acceptors (Lipinski definition) is 0. The van der Waals surface area contributed by atoms with Gasteiger partial charge in [-0.25, -0.2) is 0 Å². The van der Waals surface area contributed by atoms with E-state index in [0.717, 1.165) is 54.4 Å². The molecule has 0 N–H and O–H groups in total. The molecule has 2 atom stereocenters. The van der Waals surface area contributed by atoms with Gasteiger partial charge in [-0.05, 0) is 85.1 Å². The maximum atomic E-state index is 6.40. The number of allylic oxidation sites excluding steroid dienone is 6. The van der Waals surface area contributed by atoms with Gasteiger partial charge in [0.2, 0.25) is 0 Å². The van der Waals surface area contributed by atoms with Gasteiger partial charge in [-0.1, -0.05) is 72.9 Å². The average molecular weight is 439 g/mol. The molecular weight excluding hydrogens is 408 g/mol. The van der Waals surface area contributed by atoms with Crippen molar-refractivity contribution in [1.29, 1.82) is 0 Å². The fourth-order valence-corrected chi connectivity index (χ4v) is 5.24. The standard InChI is InChI=1S/C31H31Cl/c1-5-7-8-25-19-26(27(6-2)28-17-18-29-30(28)20-31(29)32)16-15-24(25)14-11-22-9-12-23(13-10-22)21(3)4/h5,9-10,12-13,15-16,18-19,30-31H,1,3,6-8,17,20H2,2,4H3/b28-27-. The lowest BCUT2D eigenvalue weighted by molar-refractivity contribution is 0.532. The molecule has 0 bridgehead atoms. The van der Waals surface area contributed by atoms with Crippen molar-refractivity contribution in [1.82, 2.24) is 0 Å². The molecule has 0 radical (unpaired) electrons.